The van der Waals surface area contributed by atoms with Crippen molar-refractivity contribution >= 4 is 23.2 Å². The van der Waals surface area contributed by atoms with Crippen molar-refractivity contribution < 1.29 is 14.3 Å². The molecule has 156 valence electrons. The van der Waals surface area contributed by atoms with Crippen molar-refractivity contribution in [1.29, 1.82) is 0 Å². The average molecular weight is 418 g/mol. The van der Waals surface area contributed by atoms with Crippen LogP contribution in [0.25, 0.3) is 0 Å². The van der Waals surface area contributed by atoms with Crippen molar-refractivity contribution in [2.75, 3.05) is 33.4 Å². The number of carbonyl (C=O) groups is 2. The van der Waals surface area contributed by atoms with Crippen LogP contribution in [-0.4, -0.2) is 69.7 Å². The number of thiophene rings is 1. The molecule has 1 atom stereocenters. The molecule has 2 amide bonds. The molecule has 0 spiro atoms. The van der Waals surface area contributed by atoms with Gasteiger partial charge in [0.1, 0.15) is 12.4 Å². The average Bonchev–Trinajstić information content (AvgIpc) is 3.33. The van der Waals surface area contributed by atoms with Crippen molar-refractivity contribution in [3.05, 3.63) is 34.0 Å². The smallest absolute Gasteiger partial charge is 0.249 e. The van der Waals surface area contributed by atoms with Crippen LogP contribution >= 0.6 is 11.3 Å². The maximum absolute atomic E-state index is 12.7. The Hall–Kier alpha value is -2.26. The van der Waals surface area contributed by atoms with E-state index in [1.54, 1.807) is 18.4 Å². The number of carbonyl (C=O) groups excluding carboxylic acids is 2. The summed E-state index contributed by atoms with van der Waals surface area (Å²) >= 11 is 1.61. The number of amides is 2. The summed E-state index contributed by atoms with van der Waals surface area (Å²) in [6.07, 6.45) is 4.07. The number of piperidine rings is 1. The van der Waals surface area contributed by atoms with Crippen LogP contribution in [0.2, 0.25) is 0 Å². The van der Waals surface area contributed by atoms with Crippen LogP contribution in [0.3, 0.4) is 0 Å². The summed E-state index contributed by atoms with van der Waals surface area (Å²) in [6.45, 7) is 2.76. The molecule has 0 bridgehead atoms. The van der Waals surface area contributed by atoms with E-state index in [-0.39, 0.29) is 24.5 Å². The standard InChI is InChI=1S/C20H27N5O3S/c1-28-13-19(27)24-7-3-2-4-16(24)20-22-21-17-5-8-23(9-10-25(17)20)18(26)12-15-6-11-29-14-15/h6,11,14,16H,2-5,7-10,12-13H2,1H3. The van der Waals surface area contributed by atoms with Gasteiger partial charge in [0.25, 0.3) is 0 Å². The van der Waals surface area contributed by atoms with Gasteiger partial charge in [-0.25, -0.2) is 0 Å². The second-order valence-corrected chi connectivity index (χ2v) is 8.38. The van der Waals surface area contributed by atoms with Gasteiger partial charge in [0.05, 0.1) is 12.5 Å². The predicted octanol–water partition coefficient (Wildman–Crippen LogP) is 1.67. The van der Waals surface area contributed by atoms with Crippen LogP contribution in [0.4, 0.5) is 0 Å². The molecule has 4 heterocycles. The fourth-order valence-electron chi connectivity index (χ4n) is 4.23. The summed E-state index contributed by atoms with van der Waals surface area (Å²) < 4.78 is 7.19. The monoisotopic (exact) mass is 417 g/mol. The van der Waals surface area contributed by atoms with Crippen LogP contribution in [0.1, 0.15) is 42.5 Å². The quantitative estimate of drug-likeness (QED) is 0.739. The summed E-state index contributed by atoms with van der Waals surface area (Å²) in [4.78, 5) is 29.0. The molecule has 0 N–H and O–H groups in total. The van der Waals surface area contributed by atoms with Crippen LogP contribution in [-0.2, 0) is 33.7 Å². The second-order valence-electron chi connectivity index (χ2n) is 7.60. The molecule has 0 aromatic carbocycles. The number of methoxy groups -OCH3 is 1. The lowest BCUT2D eigenvalue weighted by Gasteiger charge is -2.35. The fourth-order valence-corrected chi connectivity index (χ4v) is 4.89. The van der Waals surface area contributed by atoms with E-state index >= 15 is 0 Å². The lowest BCUT2D eigenvalue weighted by Crippen LogP contribution is -2.41. The molecular weight excluding hydrogens is 390 g/mol. The van der Waals surface area contributed by atoms with Crippen molar-refractivity contribution in [2.24, 2.45) is 0 Å². The predicted molar refractivity (Wildman–Crippen MR) is 109 cm³/mol. The van der Waals surface area contributed by atoms with Gasteiger partial charge in [-0.1, -0.05) is 0 Å². The van der Waals surface area contributed by atoms with Gasteiger partial charge in [-0.15, -0.1) is 10.2 Å². The van der Waals surface area contributed by atoms with Gasteiger partial charge in [-0.2, -0.15) is 11.3 Å². The number of ether oxygens (including phenoxy) is 1. The van der Waals surface area contributed by atoms with Crippen LogP contribution in [0, 0.1) is 0 Å². The van der Waals surface area contributed by atoms with Crippen molar-refractivity contribution in [3.8, 4) is 0 Å². The second kappa shape index (κ2) is 9.04. The summed E-state index contributed by atoms with van der Waals surface area (Å²) in [5.41, 5.74) is 1.07. The molecule has 1 saturated heterocycles. The highest BCUT2D eigenvalue weighted by molar-refractivity contribution is 7.08. The van der Waals surface area contributed by atoms with Crippen molar-refractivity contribution in [2.45, 2.75) is 44.7 Å². The first-order valence-corrected chi connectivity index (χ1v) is 11.1. The molecule has 0 saturated carbocycles. The van der Waals surface area contributed by atoms with Gasteiger partial charge in [0.15, 0.2) is 5.82 Å². The van der Waals surface area contributed by atoms with Gasteiger partial charge in [0, 0.05) is 39.7 Å². The first kappa shape index (κ1) is 20.0. The summed E-state index contributed by atoms with van der Waals surface area (Å²) in [6, 6.07) is 1.93. The number of hydrogen-bond donors (Lipinski definition) is 0. The first-order chi connectivity index (χ1) is 14.2. The minimum atomic E-state index is -0.0688. The lowest BCUT2D eigenvalue weighted by molar-refractivity contribution is -0.139. The van der Waals surface area contributed by atoms with E-state index < -0.39 is 0 Å². The number of likely N-dealkylation sites (tertiary alicyclic amines) is 1. The Morgan fingerprint density at radius 3 is 2.86 bits per heavy atom. The molecule has 2 aliphatic rings. The van der Waals surface area contributed by atoms with Gasteiger partial charge in [0.2, 0.25) is 11.8 Å². The molecule has 2 aliphatic heterocycles. The zero-order valence-electron chi connectivity index (χ0n) is 16.7. The van der Waals surface area contributed by atoms with Gasteiger partial charge >= 0.3 is 0 Å². The highest BCUT2D eigenvalue weighted by Crippen LogP contribution is 2.31. The first-order valence-electron chi connectivity index (χ1n) is 10.2. The largest absolute Gasteiger partial charge is 0.375 e. The summed E-state index contributed by atoms with van der Waals surface area (Å²) in [7, 11) is 1.54. The van der Waals surface area contributed by atoms with E-state index in [1.165, 1.54) is 0 Å². The third-order valence-electron chi connectivity index (χ3n) is 5.73. The molecule has 0 aliphatic carbocycles. The topological polar surface area (TPSA) is 80.6 Å². The Balaban J connectivity index is 1.48. The molecule has 1 fully saturated rings. The van der Waals surface area contributed by atoms with Gasteiger partial charge in [-0.05, 0) is 41.7 Å². The highest BCUT2D eigenvalue weighted by Gasteiger charge is 2.33. The molecule has 8 nitrogen and oxygen atoms in total. The Morgan fingerprint density at radius 2 is 2.07 bits per heavy atom. The summed E-state index contributed by atoms with van der Waals surface area (Å²) in [5.74, 6) is 1.89. The Kier molecular flexibility index (Phi) is 6.25. The summed E-state index contributed by atoms with van der Waals surface area (Å²) in [5, 5.41) is 12.9. The van der Waals surface area contributed by atoms with Crippen LogP contribution in [0.15, 0.2) is 16.8 Å². The number of rotatable bonds is 5. The third kappa shape index (κ3) is 4.35. The number of nitrogens with zero attached hydrogens (tertiary/aromatic N) is 5. The van der Waals surface area contributed by atoms with E-state index in [1.807, 2.05) is 26.6 Å². The Labute approximate surface area is 174 Å². The molecule has 9 heteroatoms. The Morgan fingerprint density at radius 1 is 1.17 bits per heavy atom. The molecule has 0 radical (unpaired) electrons. The number of aromatic nitrogens is 3. The fraction of sp³-hybridized carbons (Fsp3) is 0.600. The molecular formula is C20H27N5O3S. The Bertz CT molecular complexity index is 850. The number of hydrogen-bond acceptors (Lipinski definition) is 6. The van der Waals surface area contributed by atoms with E-state index in [9.17, 15) is 9.59 Å². The maximum Gasteiger partial charge on any atom is 0.249 e. The van der Waals surface area contributed by atoms with Crippen molar-refractivity contribution in [1.82, 2.24) is 24.6 Å². The van der Waals surface area contributed by atoms with Gasteiger partial charge in [-0.3, -0.25) is 9.59 Å². The van der Waals surface area contributed by atoms with Gasteiger partial charge < -0.3 is 19.1 Å². The van der Waals surface area contributed by atoms with E-state index in [4.69, 9.17) is 4.74 Å². The molecule has 2 aromatic rings. The SMILES string of the molecule is COCC(=O)N1CCCCC1c1nnc2n1CCN(C(=O)Cc1ccsc1)CC2. The molecule has 1 unspecified atom stereocenters. The van der Waals surface area contributed by atoms with E-state index in [2.05, 4.69) is 14.8 Å². The maximum atomic E-state index is 12.7. The van der Waals surface area contributed by atoms with E-state index in [0.29, 0.717) is 32.5 Å². The zero-order chi connectivity index (χ0) is 20.2. The minimum Gasteiger partial charge on any atom is -0.375 e. The number of fused-ring (bicyclic) bond motifs is 1. The molecule has 29 heavy (non-hydrogen) atoms. The van der Waals surface area contributed by atoms with Crippen LogP contribution in [0.5, 0.6) is 0 Å². The highest BCUT2D eigenvalue weighted by atomic mass is 32.1. The lowest BCUT2D eigenvalue weighted by atomic mass is 10.0. The molecule has 4 rings (SSSR count). The van der Waals surface area contributed by atoms with Crippen LogP contribution < -0.4 is 0 Å². The minimum absolute atomic E-state index is 0.00395. The molecule has 2 aromatic heterocycles. The van der Waals surface area contributed by atoms with Crippen molar-refractivity contribution in [3.63, 3.8) is 0 Å². The third-order valence-corrected chi connectivity index (χ3v) is 6.46. The zero-order valence-corrected chi connectivity index (χ0v) is 17.6. The normalized spacial score (nSPS) is 19.7. The van der Waals surface area contributed by atoms with E-state index in [0.717, 1.165) is 43.0 Å².